The van der Waals surface area contributed by atoms with E-state index in [1.54, 1.807) is 6.92 Å². The summed E-state index contributed by atoms with van der Waals surface area (Å²) in [5.74, 6) is 0.204. The van der Waals surface area contributed by atoms with E-state index in [1.165, 1.54) is 23.4 Å². The summed E-state index contributed by atoms with van der Waals surface area (Å²) in [6.45, 7) is 3.38. The first kappa shape index (κ1) is 17.9. The van der Waals surface area contributed by atoms with E-state index < -0.39 is 27.8 Å². The summed E-state index contributed by atoms with van der Waals surface area (Å²) in [5, 5.41) is 3.68. The molecule has 1 aliphatic heterocycles. The summed E-state index contributed by atoms with van der Waals surface area (Å²) in [7, 11) is -3.84. The Morgan fingerprint density at radius 3 is 2.36 bits per heavy atom. The molecule has 136 valence electrons. The van der Waals surface area contributed by atoms with E-state index in [4.69, 9.17) is 4.52 Å². The van der Waals surface area contributed by atoms with Crippen LogP contribution in [0.5, 0.6) is 0 Å². The second-order valence-electron chi connectivity index (χ2n) is 6.05. The lowest BCUT2D eigenvalue weighted by atomic mass is 10.0. The van der Waals surface area contributed by atoms with Crippen LogP contribution in [0.2, 0.25) is 0 Å². The van der Waals surface area contributed by atoms with E-state index in [9.17, 15) is 21.6 Å². The molecule has 0 spiro atoms. The summed E-state index contributed by atoms with van der Waals surface area (Å²) in [6, 6.07) is 4.15. The van der Waals surface area contributed by atoms with Gasteiger partial charge in [-0.2, -0.15) is 17.5 Å². The Morgan fingerprint density at radius 1 is 1.20 bits per heavy atom. The Kier molecular flexibility index (Phi) is 4.40. The molecule has 0 saturated carbocycles. The molecule has 3 rings (SSSR count). The van der Waals surface area contributed by atoms with Gasteiger partial charge < -0.3 is 4.52 Å². The molecule has 5 nitrogen and oxygen atoms in total. The van der Waals surface area contributed by atoms with Crippen molar-refractivity contribution in [3.05, 3.63) is 46.8 Å². The van der Waals surface area contributed by atoms with Crippen LogP contribution in [0.25, 0.3) is 0 Å². The highest BCUT2D eigenvalue weighted by molar-refractivity contribution is 7.89. The van der Waals surface area contributed by atoms with Crippen LogP contribution >= 0.6 is 0 Å². The van der Waals surface area contributed by atoms with Crippen molar-refractivity contribution in [3.8, 4) is 0 Å². The number of hydrogen-bond acceptors (Lipinski definition) is 4. The standard InChI is InChI=1S/C16H17F3N2O3S/c1-10-15(11(2)24-20-10)25(22,23)21-9-3-4-14(21)12-5-7-13(8-6-12)16(17,18)19/h5-8,14H,3-4,9H2,1-2H3. The topological polar surface area (TPSA) is 63.4 Å². The minimum absolute atomic E-state index is 0.0336. The fourth-order valence-corrected chi connectivity index (χ4v) is 5.19. The monoisotopic (exact) mass is 374 g/mol. The smallest absolute Gasteiger partial charge is 0.360 e. The molecule has 2 heterocycles. The highest BCUT2D eigenvalue weighted by atomic mass is 32.2. The van der Waals surface area contributed by atoms with E-state index in [1.807, 2.05) is 0 Å². The highest BCUT2D eigenvalue weighted by Crippen LogP contribution is 2.39. The number of alkyl halides is 3. The number of hydrogen-bond donors (Lipinski definition) is 0. The van der Waals surface area contributed by atoms with Crippen molar-refractivity contribution in [2.24, 2.45) is 0 Å². The molecule has 1 aliphatic rings. The van der Waals surface area contributed by atoms with Crippen LogP contribution in [0, 0.1) is 13.8 Å². The van der Waals surface area contributed by atoms with Gasteiger partial charge in [0.25, 0.3) is 0 Å². The number of benzene rings is 1. The van der Waals surface area contributed by atoms with E-state index in [0.717, 1.165) is 12.1 Å². The van der Waals surface area contributed by atoms with Gasteiger partial charge >= 0.3 is 6.18 Å². The van der Waals surface area contributed by atoms with Crippen LogP contribution in [0.1, 0.15) is 41.5 Å². The third-order valence-electron chi connectivity index (χ3n) is 4.36. The van der Waals surface area contributed by atoms with Crippen molar-refractivity contribution in [3.63, 3.8) is 0 Å². The molecule has 0 aliphatic carbocycles. The van der Waals surface area contributed by atoms with Gasteiger partial charge in [0, 0.05) is 6.54 Å². The van der Waals surface area contributed by atoms with Gasteiger partial charge in [-0.3, -0.25) is 0 Å². The fourth-order valence-electron chi connectivity index (χ4n) is 3.22. The molecular formula is C16H17F3N2O3S. The molecule has 1 aromatic heterocycles. The molecule has 1 unspecified atom stereocenters. The zero-order valence-electron chi connectivity index (χ0n) is 13.7. The van der Waals surface area contributed by atoms with Crippen LogP contribution in [0.4, 0.5) is 13.2 Å². The number of nitrogens with zero attached hydrogens (tertiary/aromatic N) is 2. The SMILES string of the molecule is Cc1noc(C)c1S(=O)(=O)N1CCCC1c1ccc(C(F)(F)F)cc1. The van der Waals surface area contributed by atoms with Crippen LogP contribution in [0.3, 0.4) is 0 Å². The summed E-state index contributed by atoms with van der Waals surface area (Å²) in [4.78, 5) is 0.0336. The molecule has 1 saturated heterocycles. The quantitative estimate of drug-likeness (QED) is 0.819. The van der Waals surface area contributed by atoms with E-state index in [0.29, 0.717) is 24.9 Å². The van der Waals surface area contributed by atoms with Crippen molar-refractivity contribution in [1.29, 1.82) is 0 Å². The molecule has 0 bridgehead atoms. The Bertz CT molecular complexity index is 854. The van der Waals surface area contributed by atoms with E-state index >= 15 is 0 Å². The van der Waals surface area contributed by atoms with Crippen molar-refractivity contribution in [1.82, 2.24) is 9.46 Å². The van der Waals surface area contributed by atoms with Crippen LogP contribution in [-0.2, 0) is 16.2 Å². The van der Waals surface area contributed by atoms with Crippen molar-refractivity contribution in [2.45, 2.75) is 43.8 Å². The molecule has 9 heteroatoms. The second-order valence-corrected chi connectivity index (χ2v) is 7.87. The third-order valence-corrected chi connectivity index (χ3v) is 6.51. The minimum atomic E-state index is -4.42. The molecule has 1 fully saturated rings. The fraction of sp³-hybridized carbons (Fsp3) is 0.438. The molecule has 1 aromatic carbocycles. The lowest BCUT2D eigenvalue weighted by Gasteiger charge is -2.24. The number of sulfonamides is 1. The number of aromatic nitrogens is 1. The van der Waals surface area contributed by atoms with Crippen molar-refractivity contribution < 1.29 is 26.1 Å². The molecule has 0 radical (unpaired) electrons. The number of rotatable bonds is 3. The lowest BCUT2D eigenvalue weighted by molar-refractivity contribution is -0.137. The Hall–Kier alpha value is -1.87. The summed E-state index contributed by atoms with van der Waals surface area (Å²) < 4.78 is 70.4. The molecule has 2 aromatic rings. The lowest BCUT2D eigenvalue weighted by Crippen LogP contribution is -2.31. The van der Waals surface area contributed by atoms with Gasteiger partial charge in [0.05, 0.1) is 11.6 Å². The predicted molar refractivity (Wildman–Crippen MR) is 83.3 cm³/mol. The van der Waals surface area contributed by atoms with Crippen molar-refractivity contribution in [2.75, 3.05) is 6.54 Å². The van der Waals surface area contributed by atoms with Crippen molar-refractivity contribution >= 4 is 10.0 Å². The van der Waals surface area contributed by atoms with Gasteiger partial charge in [-0.15, -0.1) is 0 Å². The van der Waals surface area contributed by atoms with Crippen LogP contribution < -0.4 is 0 Å². The zero-order chi connectivity index (χ0) is 18.4. The maximum absolute atomic E-state index is 13.0. The maximum atomic E-state index is 13.0. The van der Waals surface area contributed by atoms with E-state index in [-0.39, 0.29) is 16.3 Å². The Balaban J connectivity index is 1.96. The van der Waals surface area contributed by atoms with Crippen LogP contribution in [0.15, 0.2) is 33.7 Å². The van der Waals surface area contributed by atoms with Gasteiger partial charge in [-0.25, -0.2) is 8.42 Å². The molecule has 25 heavy (non-hydrogen) atoms. The summed E-state index contributed by atoms with van der Waals surface area (Å²) >= 11 is 0. The van der Waals surface area contributed by atoms with Gasteiger partial charge in [0.2, 0.25) is 10.0 Å². The first-order valence-corrected chi connectivity index (χ1v) is 9.18. The number of aryl methyl sites for hydroxylation is 2. The second kappa shape index (κ2) is 6.14. The highest BCUT2D eigenvalue weighted by Gasteiger charge is 2.39. The molecule has 0 amide bonds. The Labute approximate surface area is 143 Å². The summed E-state index contributed by atoms with van der Waals surface area (Å²) in [5.41, 5.74) is 0.0609. The normalized spacial score (nSPS) is 19.5. The molecular weight excluding hydrogens is 357 g/mol. The van der Waals surface area contributed by atoms with E-state index in [2.05, 4.69) is 5.16 Å². The van der Waals surface area contributed by atoms with Gasteiger partial charge in [-0.05, 0) is 44.4 Å². The predicted octanol–water partition coefficient (Wildman–Crippen LogP) is 3.84. The first-order valence-electron chi connectivity index (χ1n) is 7.74. The number of halogens is 3. The Morgan fingerprint density at radius 2 is 1.84 bits per heavy atom. The maximum Gasteiger partial charge on any atom is 0.416 e. The molecule has 0 N–H and O–H groups in total. The van der Waals surface area contributed by atoms with Gasteiger partial charge in [0.1, 0.15) is 10.6 Å². The minimum Gasteiger partial charge on any atom is -0.360 e. The largest absolute Gasteiger partial charge is 0.416 e. The zero-order valence-corrected chi connectivity index (χ0v) is 14.5. The average Bonchev–Trinajstić information content (AvgIpc) is 3.14. The third kappa shape index (κ3) is 3.18. The van der Waals surface area contributed by atoms with Gasteiger partial charge in [-0.1, -0.05) is 17.3 Å². The summed E-state index contributed by atoms with van der Waals surface area (Å²) in [6.07, 6.45) is -3.24. The van der Waals surface area contributed by atoms with Crippen LogP contribution in [-0.4, -0.2) is 24.4 Å². The average molecular weight is 374 g/mol. The first-order chi connectivity index (χ1) is 11.6. The van der Waals surface area contributed by atoms with Gasteiger partial charge in [0.15, 0.2) is 5.76 Å². The molecule has 1 atom stereocenters.